The molecule has 25 heavy (non-hydrogen) atoms. The Morgan fingerprint density at radius 2 is 1.36 bits per heavy atom. The molecule has 0 aliphatic carbocycles. The fourth-order valence-electron chi connectivity index (χ4n) is 2.39. The average Bonchev–Trinajstić information content (AvgIpc) is 2.59. The molecule has 0 fully saturated rings. The zero-order valence-electron chi connectivity index (χ0n) is 15.4. The van der Waals surface area contributed by atoms with Gasteiger partial charge in [0.1, 0.15) is 17.5 Å². The van der Waals surface area contributed by atoms with Crippen LogP contribution in [0.5, 0.6) is 11.5 Å². The highest BCUT2D eigenvalue weighted by molar-refractivity contribution is 5.86. The van der Waals surface area contributed by atoms with E-state index in [2.05, 4.69) is 10.6 Å². The molecule has 2 aromatic rings. The number of nitrogens with one attached hydrogen (secondary N) is 2. The summed E-state index contributed by atoms with van der Waals surface area (Å²) in [6, 6.07) is 14.5. The molecule has 0 saturated heterocycles. The number of rotatable bonds is 6. The summed E-state index contributed by atoms with van der Waals surface area (Å²) in [6.07, 6.45) is 0. The van der Waals surface area contributed by atoms with Gasteiger partial charge in [-0.1, -0.05) is 12.1 Å². The first kappa shape index (κ1) is 18.6. The van der Waals surface area contributed by atoms with Crippen molar-refractivity contribution in [3.05, 3.63) is 54.1 Å². The first-order chi connectivity index (χ1) is 11.8. The number of hydrogen-bond donors (Lipinski definition) is 2. The van der Waals surface area contributed by atoms with Crippen molar-refractivity contribution in [2.75, 3.05) is 19.5 Å². The van der Waals surface area contributed by atoms with Gasteiger partial charge < -0.3 is 20.1 Å². The van der Waals surface area contributed by atoms with Crippen LogP contribution in [0.4, 0.5) is 5.69 Å². The minimum Gasteiger partial charge on any atom is -0.497 e. The molecule has 0 saturated carbocycles. The van der Waals surface area contributed by atoms with Crippen LogP contribution >= 0.6 is 0 Å². The van der Waals surface area contributed by atoms with Gasteiger partial charge in [-0.05, 0) is 62.7 Å². The van der Waals surface area contributed by atoms with Crippen LogP contribution in [0.1, 0.15) is 32.4 Å². The first-order valence-corrected chi connectivity index (χ1v) is 8.19. The van der Waals surface area contributed by atoms with Gasteiger partial charge in [0.2, 0.25) is 5.91 Å². The molecular weight excluding hydrogens is 316 g/mol. The van der Waals surface area contributed by atoms with Crippen molar-refractivity contribution in [1.82, 2.24) is 5.32 Å². The quantitative estimate of drug-likeness (QED) is 0.839. The molecule has 134 valence electrons. The van der Waals surface area contributed by atoms with Gasteiger partial charge in [0.15, 0.2) is 0 Å². The minimum atomic E-state index is -0.515. The van der Waals surface area contributed by atoms with Crippen molar-refractivity contribution in [3.63, 3.8) is 0 Å². The normalized spacial score (nSPS) is 12.2. The fraction of sp³-hybridized carbons (Fsp3) is 0.350. The van der Waals surface area contributed by atoms with Crippen LogP contribution in [-0.2, 0) is 4.79 Å². The lowest BCUT2D eigenvalue weighted by Crippen LogP contribution is -2.44. The Hall–Kier alpha value is -2.69. The summed E-state index contributed by atoms with van der Waals surface area (Å²) in [5.74, 6) is 1.43. The van der Waals surface area contributed by atoms with E-state index in [0.717, 1.165) is 22.7 Å². The zero-order chi connectivity index (χ0) is 18.4. The van der Waals surface area contributed by atoms with Gasteiger partial charge in [0.05, 0.1) is 14.2 Å². The highest BCUT2D eigenvalue weighted by Gasteiger charge is 2.24. The highest BCUT2D eigenvalue weighted by atomic mass is 16.5. The number of anilines is 1. The monoisotopic (exact) mass is 342 g/mol. The van der Waals surface area contributed by atoms with Gasteiger partial charge in [0.25, 0.3) is 0 Å². The van der Waals surface area contributed by atoms with E-state index in [1.165, 1.54) is 0 Å². The summed E-state index contributed by atoms with van der Waals surface area (Å²) in [4.78, 5) is 12.8. The Labute approximate surface area is 149 Å². The Morgan fingerprint density at radius 1 is 0.880 bits per heavy atom. The summed E-state index contributed by atoms with van der Waals surface area (Å²) in [6.45, 7) is 5.89. The third-order valence-electron chi connectivity index (χ3n) is 3.61. The molecule has 0 spiro atoms. The lowest BCUT2D eigenvalue weighted by molar-refractivity contribution is -0.123. The van der Waals surface area contributed by atoms with Gasteiger partial charge in [0, 0.05) is 11.2 Å². The molecular formula is C20H26N2O3. The maximum absolute atomic E-state index is 12.8. The van der Waals surface area contributed by atoms with Gasteiger partial charge >= 0.3 is 0 Å². The molecule has 0 aromatic heterocycles. The van der Waals surface area contributed by atoms with Crippen LogP contribution in [0.25, 0.3) is 0 Å². The van der Waals surface area contributed by atoms with Gasteiger partial charge in [-0.15, -0.1) is 0 Å². The van der Waals surface area contributed by atoms with E-state index in [1.807, 2.05) is 69.3 Å². The molecule has 1 atom stereocenters. The second kappa shape index (κ2) is 7.92. The second-order valence-electron chi connectivity index (χ2n) is 6.82. The van der Waals surface area contributed by atoms with Crippen molar-refractivity contribution in [1.29, 1.82) is 0 Å². The topological polar surface area (TPSA) is 59.6 Å². The van der Waals surface area contributed by atoms with E-state index in [4.69, 9.17) is 9.47 Å². The lowest BCUT2D eigenvalue weighted by Gasteiger charge is -2.26. The summed E-state index contributed by atoms with van der Waals surface area (Å²) in [7, 11) is 3.24. The van der Waals surface area contributed by atoms with Crippen LogP contribution in [-0.4, -0.2) is 25.7 Å². The Kier molecular flexibility index (Phi) is 5.91. The highest BCUT2D eigenvalue weighted by Crippen LogP contribution is 2.24. The zero-order valence-corrected chi connectivity index (χ0v) is 15.4. The maximum Gasteiger partial charge on any atom is 0.247 e. The number of carbonyl (C=O) groups excluding carboxylic acids is 1. The third kappa shape index (κ3) is 5.41. The van der Waals surface area contributed by atoms with Crippen LogP contribution < -0.4 is 20.1 Å². The van der Waals surface area contributed by atoms with E-state index in [9.17, 15) is 4.79 Å². The molecule has 0 radical (unpaired) electrons. The molecule has 2 aromatic carbocycles. The summed E-state index contributed by atoms with van der Waals surface area (Å²) in [5.41, 5.74) is 1.38. The lowest BCUT2D eigenvalue weighted by atomic mass is 10.0. The Bertz CT molecular complexity index is 688. The number of benzene rings is 2. The molecule has 5 nitrogen and oxygen atoms in total. The van der Waals surface area contributed by atoms with E-state index in [-0.39, 0.29) is 11.4 Å². The van der Waals surface area contributed by atoms with E-state index >= 15 is 0 Å². The molecule has 5 heteroatoms. The summed E-state index contributed by atoms with van der Waals surface area (Å²) in [5, 5.41) is 6.33. The van der Waals surface area contributed by atoms with Crippen molar-refractivity contribution in [2.24, 2.45) is 0 Å². The number of ether oxygens (including phenoxy) is 2. The largest absolute Gasteiger partial charge is 0.497 e. The van der Waals surface area contributed by atoms with Crippen LogP contribution in [0.3, 0.4) is 0 Å². The van der Waals surface area contributed by atoms with E-state index < -0.39 is 6.04 Å². The molecule has 1 unspecified atom stereocenters. The standard InChI is InChI=1S/C20H26N2O3/c1-20(2,3)22-19(23)18(14-6-10-16(24-4)11-7-14)21-15-8-12-17(25-5)13-9-15/h6-13,18,21H,1-5H3,(H,22,23). The molecule has 0 heterocycles. The number of hydrogen-bond acceptors (Lipinski definition) is 4. The molecule has 0 aliphatic heterocycles. The molecule has 0 bridgehead atoms. The van der Waals surface area contributed by atoms with Gasteiger partial charge in [-0.2, -0.15) is 0 Å². The number of carbonyl (C=O) groups is 1. The number of amides is 1. The van der Waals surface area contributed by atoms with Crippen LogP contribution in [0.2, 0.25) is 0 Å². The van der Waals surface area contributed by atoms with Crippen LogP contribution in [0.15, 0.2) is 48.5 Å². The average molecular weight is 342 g/mol. The molecule has 0 aliphatic rings. The Morgan fingerprint density at radius 3 is 1.80 bits per heavy atom. The maximum atomic E-state index is 12.8. The van der Waals surface area contributed by atoms with Crippen molar-refractivity contribution in [2.45, 2.75) is 32.4 Å². The predicted molar refractivity (Wildman–Crippen MR) is 100 cm³/mol. The van der Waals surface area contributed by atoms with Crippen molar-refractivity contribution in [3.8, 4) is 11.5 Å². The van der Waals surface area contributed by atoms with E-state index in [0.29, 0.717) is 0 Å². The smallest absolute Gasteiger partial charge is 0.247 e. The summed E-state index contributed by atoms with van der Waals surface area (Å²) >= 11 is 0. The third-order valence-corrected chi connectivity index (χ3v) is 3.61. The minimum absolute atomic E-state index is 0.0894. The SMILES string of the molecule is COc1ccc(NC(C(=O)NC(C)(C)C)c2ccc(OC)cc2)cc1. The molecule has 2 rings (SSSR count). The predicted octanol–water partition coefficient (Wildman–Crippen LogP) is 3.77. The van der Waals surface area contributed by atoms with Gasteiger partial charge in [-0.3, -0.25) is 4.79 Å². The van der Waals surface area contributed by atoms with Crippen molar-refractivity contribution < 1.29 is 14.3 Å². The second-order valence-corrected chi connectivity index (χ2v) is 6.82. The molecule has 1 amide bonds. The summed E-state index contributed by atoms with van der Waals surface area (Å²) < 4.78 is 10.4. The Balaban J connectivity index is 2.27. The van der Waals surface area contributed by atoms with E-state index in [1.54, 1.807) is 14.2 Å². The van der Waals surface area contributed by atoms with Crippen LogP contribution in [0, 0.1) is 0 Å². The van der Waals surface area contributed by atoms with Crippen molar-refractivity contribution >= 4 is 11.6 Å². The van der Waals surface area contributed by atoms with Gasteiger partial charge in [-0.25, -0.2) is 0 Å². The molecule has 2 N–H and O–H groups in total. The fourth-order valence-corrected chi connectivity index (χ4v) is 2.39. The number of methoxy groups -OCH3 is 2. The first-order valence-electron chi connectivity index (χ1n) is 8.19.